The molecule has 2 heterocycles. The molecular formula is C19H22N4O3S. The third kappa shape index (κ3) is 4.28. The predicted octanol–water partition coefficient (Wildman–Crippen LogP) is 2.78. The number of benzene rings is 1. The summed E-state index contributed by atoms with van der Waals surface area (Å²) in [5.41, 5.74) is 2.02. The lowest BCUT2D eigenvalue weighted by Gasteiger charge is -2.28. The Bertz CT molecular complexity index is 955. The third-order valence-electron chi connectivity index (χ3n) is 4.30. The van der Waals surface area contributed by atoms with Crippen molar-refractivity contribution in [3.63, 3.8) is 0 Å². The van der Waals surface area contributed by atoms with Crippen LogP contribution in [0.1, 0.15) is 18.9 Å². The number of amides is 1. The summed E-state index contributed by atoms with van der Waals surface area (Å²) in [6, 6.07) is 8.20. The van der Waals surface area contributed by atoms with Crippen molar-refractivity contribution in [3.05, 3.63) is 54.7 Å². The van der Waals surface area contributed by atoms with Crippen LogP contribution in [-0.2, 0) is 21.2 Å². The lowest BCUT2D eigenvalue weighted by atomic mass is 10.0. The molecule has 0 bridgehead atoms. The maximum atomic E-state index is 12.7. The maximum absolute atomic E-state index is 12.7. The van der Waals surface area contributed by atoms with Crippen LogP contribution in [0.15, 0.2) is 54.1 Å². The van der Waals surface area contributed by atoms with Gasteiger partial charge in [0.25, 0.3) is 10.0 Å². The summed E-state index contributed by atoms with van der Waals surface area (Å²) in [6.45, 7) is 6.36. The second-order valence-corrected chi connectivity index (χ2v) is 7.95. The molecule has 0 saturated heterocycles. The highest BCUT2D eigenvalue weighted by molar-refractivity contribution is 7.92. The van der Waals surface area contributed by atoms with Gasteiger partial charge in [-0.2, -0.15) is 0 Å². The van der Waals surface area contributed by atoms with Crippen LogP contribution >= 0.6 is 0 Å². The molecule has 3 rings (SSSR count). The van der Waals surface area contributed by atoms with Crippen LogP contribution in [-0.4, -0.2) is 32.4 Å². The van der Waals surface area contributed by atoms with E-state index >= 15 is 0 Å². The van der Waals surface area contributed by atoms with Gasteiger partial charge in [-0.15, -0.1) is 6.58 Å². The Labute approximate surface area is 159 Å². The van der Waals surface area contributed by atoms with Crippen LogP contribution in [0, 0.1) is 0 Å². The fourth-order valence-corrected chi connectivity index (χ4v) is 4.11. The van der Waals surface area contributed by atoms with E-state index in [0.717, 1.165) is 24.1 Å². The number of pyridine rings is 1. The molecule has 0 radical (unpaired) electrons. The molecule has 0 spiro atoms. The lowest BCUT2D eigenvalue weighted by molar-refractivity contribution is -0.116. The average Bonchev–Trinajstić information content (AvgIpc) is 2.66. The van der Waals surface area contributed by atoms with Gasteiger partial charge in [0.15, 0.2) is 0 Å². The molecule has 0 atom stereocenters. The number of aryl methyl sites for hydroxylation is 1. The van der Waals surface area contributed by atoms with Gasteiger partial charge in [-0.1, -0.05) is 6.08 Å². The Balaban J connectivity index is 1.81. The van der Waals surface area contributed by atoms with Crippen molar-refractivity contribution in [2.45, 2.75) is 24.7 Å². The smallest absolute Gasteiger partial charge is 0.261 e. The summed E-state index contributed by atoms with van der Waals surface area (Å²) in [5, 5.41) is 3.02. The number of nitrogens with zero attached hydrogens (tertiary/aromatic N) is 2. The van der Waals surface area contributed by atoms with Gasteiger partial charge >= 0.3 is 0 Å². The summed E-state index contributed by atoms with van der Waals surface area (Å²) in [7, 11) is -3.74. The Morgan fingerprint density at radius 2 is 2.15 bits per heavy atom. The molecule has 142 valence electrons. The number of hydrogen-bond donors (Lipinski definition) is 2. The highest BCUT2D eigenvalue weighted by Crippen LogP contribution is 2.30. The molecule has 1 aromatic heterocycles. The first-order valence-corrected chi connectivity index (χ1v) is 10.1. The molecule has 1 aliphatic rings. The fraction of sp³-hybridized carbons (Fsp3) is 0.263. The second-order valence-electron chi connectivity index (χ2n) is 6.27. The molecule has 8 heteroatoms. The zero-order chi connectivity index (χ0) is 19.4. The molecular weight excluding hydrogens is 364 g/mol. The van der Waals surface area contributed by atoms with E-state index in [-0.39, 0.29) is 10.8 Å². The van der Waals surface area contributed by atoms with Gasteiger partial charge < -0.3 is 10.2 Å². The van der Waals surface area contributed by atoms with Crippen molar-refractivity contribution in [3.8, 4) is 0 Å². The van der Waals surface area contributed by atoms with Crippen LogP contribution in [0.25, 0.3) is 0 Å². The van der Waals surface area contributed by atoms with Gasteiger partial charge in [0.2, 0.25) is 5.91 Å². The molecule has 1 aliphatic heterocycles. The van der Waals surface area contributed by atoms with Crippen molar-refractivity contribution >= 4 is 33.1 Å². The predicted molar refractivity (Wildman–Crippen MR) is 107 cm³/mol. The summed E-state index contributed by atoms with van der Waals surface area (Å²) >= 11 is 0. The molecule has 2 N–H and O–H groups in total. The fourth-order valence-electron chi connectivity index (χ4n) is 3.02. The number of rotatable bonds is 6. The van der Waals surface area contributed by atoms with Gasteiger partial charge in [0, 0.05) is 25.7 Å². The number of sulfonamides is 1. The molecule has 2 aromatic rings. The number of hydrogen-bond acceptors (Lipinski definition) is 5. The van der Waals surface area contributed by atoms with Crippen molar-refractivity contribution in [1.29, 1.82) is 0 Å². The van der Waals surface area contributed by atoms with Crippen molar-refractivity contribution in [2.24, 2.45) is 0 Å². The average molecular weight is 386 g/mol. The van der Waals surface area contributed by atoms with E-state index in [9.17, 15) is 13.2 Å². The van der Waals surface area contributed by atoms with E-state index < -0.39 is 10.0 Å². The zero-order valence-electron chi connectivity index (χ0n) is 15.1. The van der Waals surface area contributed by atoms with Crippen molar-refractivity contribution in [1.82, 2.24) is 4.98 Å². The van der Waals surface area contributed by atoms with Crippen LogP contribution in [0.4, 0.5) is 17.2 Å². The summed E-state index contributed by atoms with van der Waals surface area (Å²) < 4.78 is 28.0. The molecule has 0 aliphatic carbocycles. The van der Waals surface area contributed by atoms with Crippen LogP contribution in [0.3, 0.4) is 0 Å². The number of aromatic nitrogens is 1. The molecule has 1 aromatic carbocycles. The highest BCUT2D eigenvalue weighted by Gasteiger charge is 2.23. The zero-order valence-corrected chi connectivity index (χ0v) is 15.9. The summed E-state index contributed by atoms with van der Waals surface area (Å²) in [5.74, 6) is 0.594. The van der Waals surface area contributed by atoms with Crippen LogP contribution in [0.2, 0.25) is 0 Å². The largest absolute Gasteiger partial charge is 0.367 e. The second kappa shape index (κ2) is 7.79. The Hall–Kier alpha value is -2.87. The first-order valence-electron chi connectivity index (χ1n) is 8.65. The maximum Gasteiger partial charge on any atom is 0.261 e. The minimum atomic E-state index is -3.74. The van der Waals surface area contributed by atoms with E-state index in [0.29, 0.717) is 24.6 Å². The monoisotopic (exact) mass is 386 g/mol. The van der Waals surface area contributed by atoms with Gasteiger partial charge in [-0.05, 0) is 48.7 Å². The number of anilines is 3. The molecule has 0 saturated carbocycles. The Morgan fingerprint density at radius 3 is 2.81 bits per heavy atom. The van der Waals surface area contributed by atoms with Gasteiger partial charge in [-0.3, -0.25) is 9.52 Å². The number of nitrogens with one attached hydrogen (secondary N) is 2. The van der Waals surface area contributed by atoms with Gasteiger partial charge in [-0.25, -0.2) is 13.4 Å². The quantitative estimate of drug-likeness (QED) is 0.745. The molecule has 7 nitrogen and oxygen atoms in total. The van der Waals surface area contributed by atoms with Crippen molar-refractivity contribution in [2.75, 3.05) is 28.0 Å². The van der Waals surface area contributed by atoms with Crippen LogP contribution < -0.4 is 14.9 Å². The Kier molecular flexibility index (Phi) is 5.46. The molecule has 27 heavy (non-hydrogen) atoms. The van der Waals surface area contributed by atoms with E-state index in [1.165, 1.54) is 19.2 Å². The number of carbonyl (C=O) groups is 1. The lowest BCUT2D eigenvalue weighted by Crippen LogP contribution is -2.33. The minimum Gasteiger partial charge on any atom is -0.367 e. The Morgan fingerprint density at radius 1 is 1.33 bits per heavy atom. The van der Waals surface area contributed by atoms with E-state index in [4.69, 9.17) is 0 Å². The van der Waals surface area contributed by atoms with E-state index in [2.05, 4.69) is 21.6 Å². The molecule has 0 fully saturated rings. The summed E-state index contributed by atoms with van der Waals surface area (Å²) in [6.07, 6.45) is 4.72. The first kappa shape index (κ1) is 18.9. The van der Waals surface area contributed by atoms with Crippen molar-refractivity contribution < 1.29 is 13.2 Å². The third-order valence-corrected chi connectivity index (χ3v) is 5.68. The van der Waals surface area contributed by atoms with E-state index in [1.807, 2.05) is 0 Å². The molecule has 0 unspecified atom stereocenters. The van der Waals surface area contributed by atoms with Gasteiger partial charge in [0.05, 0.1) is 16.8 Å². The summed E-state index contributed by atoms with van der Waals surface area (Å²) in [4.78, 5) is 17.8. The normalized spacial score (nSPS) is 13.6. The van der Waals surface area contributed by atoms with Gasteiger partial charge in [0.1, 0.15) is 5.82 Å². The standard InChI is InChI=1S/C19H22N4O3S/c1-3-10-20-19-9-6-16(13-21-19)22-27(25,26)17-7-8-18-15(12-17)5-4-11-23(18)14(2)24/h3,6-9,12-13,22H,1,4-5,10-11H2,2H3,(H,20,21). The topological polar surface area (TPSA) is 91.4 Å². The highest BCUT2D eigenvalue weighted by atomic mass is 32.2. The van der Waals surface area contributed by atoms with E-state index in [1.54, 1.807) is 35.2 Å². The first-order chi connectivity index (χ1) is 12.9. The van der Waals surface area contributed by atoms with Crippen LogP contribution in [0.5, 0.6) is 0 Å². The number of fused-ring (bicyclic) bond motifs is 1. The number of carbonyl (C=O) groups excluding carboxylic acids is 1. The SMILES string of the molecule is C=CCNc1ccc(NS(=O)(=O)c2ccc3c(c2)CCCN3C(C)=O)cn1. The minimum absolute atomic E-state index is 0.0408. The molecule has 1 amide bonds.